The van der Waals surface area contributed by atoms with Gasteiger partial charge in [0.2, 0.25) is 0 Å². The van der Waals surface area contributed by atoms with E-state index in [0.717, 1.165) is 12.8 Å². The fourth-order valence-electron chi connectivity index (χ4n) is 3.94. The summed E-state index contributed by atoms with van der Waals surface area (Å²) in [5.74, 6) is -0.111. The van der Waals surface area contributed by atoms with Crippen molar-refractivity contribution in [1.82, 2.24) is 5.32 Å². The molecule has 24 heavy (non-hydrogen) atoms. The van der Waals surface area contributed by atoms with Crippen LogP contribution in [0.2, 0.25) is 0 Å². The average Bonchev–Trinajstić information content (AvgIpc) is 2.66. The number of hydrogen-bond donors (Lipinski definition) is 1. The first-order valence-corrected chi connectivity index (χ1v) is 8.54. The average molecular weight is 325 g/mol. The Labute approximate surface area is 143 Å². The number of amides is 1. The second kappa shape index (κ2) is 6.39. The second-order valence-electron chi connectivity index (χ2n) is 7.35. The van der Waals surface area contributed by atoms with Gasteiger partial charge < -0.3 is 5.32 Å². The van der Waals surface area contributed by atoms with E-state index in [4.69, 9.17) is 0 Å². The first-order valence-electron chi connectivity index (χ1n) is 8.54. The van der Waals surface area contributed by atoms with E-state index in [0.29, 0.717) is 11.5 Å². The van der Waals surface area contributed by atoms with Gasteiger partial charge in [-0.1, -0.05) is 45.0 Å². The normalized spacial score (nSPS) is 22.3. The van der Waals surface area contributed by atoms with Crippen molar-refractivity contribution in [3.8, 4) is 0 Å². The van der Waals surface area contributed by atoms with E-state index >= 15 is 0 Å². The molecule has 2 unspecified atom stereocenters. The van der Waals surface area contributed by atoms with Crippen molar-refractivity contribution >= 4 is 5.91 Å². The maximum atomic E-state index is 13.1. The van der Waals surface area contributed by atoms with Crippen molar-refractivity contribution in [3.05, 3.63) is 71.0 Å². The fourth-order valence-corrected chi connectivity index (χ4v) is 3.94. The topological polar surface area (TPSA) is 29.1 Å². The molecular formula is C21H24FNO. The van der Waals surface area contributed by atoms with Gasteiger partial charge in [-0.05, 0) is 54.2 Å². The Balaban J connectivity index is 1.91. The minimum Gasteiger partial charge on any atom is -0.348 e. The first-order chi connectivity index (χ1) is 11.4. The van der Waals surface area contributed by atoms with Gasteiger partial charge in [-0.2, -0.15) is 0 Å². The Hall–Kier alpha value is -2.16. The van der Waals surface area contributed by atoms with Crippen LogP contribution in [0.25, 0.3) is 0 Å². The standard InChI is InChI=1S/C21H24FNO/c1-14-8-9-15-6-4-5-7-18(15)21(2,3)19(14)23-20(24)16-10-12-17(22)13-11-16/h4-7,10-14,19H,8-9H2,1-3H3,(H,23,24). The molecule has 3 heteroatoms. The number of nitrogens with one attached hydrogen (secondary N) is 1. The molecule has 2 atom stereocenters. The molecule has 0 spiro atoms. The predicted molar refractivity (Wildman–Crippen MR) is 94.6 cm³/mol. The van der Waals surface area contributed by atoms with E-state index < -0.39 is 0 Å². The molecule has 0 heterocycles. The molecule has 126 valence electrons. The third-order valence-electron chi connectivity index (χ3n) is 5.32. The molecule has 0 bridgehead atoms. The van der Waals surface area contributed by atoms with Crippen LogP contribution >= 0.6 is 0 Å². The van der Waals surface area contributed by atoms with Gasteiger partial charge in [-0.3, -0.25) is 4.79 Å². The van der Waals surface area contributed by atoms with Gasteiger partial charge in [-0.25, -0.2) is 4.39 Å². The number of halogens is 1. The largest absolute Gasteiger partial charge is 0.348 e. The van der Waals surface area contributed by atoms with E-state index in [1.54, 1.807) is 0 Å². The number of aryl methyl sites for hydroxylation is 1. The van der Waals surface area contributed by atoms with E-state index in [1.165, 1.54) is 35.4 Å². The van der Waals surface area contributed by atoms with Crippen LogP contribution in [0.3, 0.4) is 0 Å². The predicted octanol–water partition coefficient (Wildman–Crippen LogP) is 4.48. The van der Waals surface area contributed by atoms with Crippen LogP contribution in [0, 0.1) is 11.7 Å². The van der Waals surface area contributed by atoms with Crippen LogP contribution in [0.5, 0.6) is 0 Å². The highest BCUT2D eigenvalue weighted by molar-refractivity contribution is 5.94. The van der Waals surface area contributed by atoms with Crippen molar-refractivity contribution in [1.29, 1.82) is 0 Å². The van der Waals surface area contributed by atoms with Crippen molar-refractivity contribution in [2.45, 2.75) is 45.1 Å². The van der Waals surface area contributed by atoms with Crippen LogP contribution < -0.4 is 5.32 Å². The number of hydrogen-bond acceptors (Lipinski definition) is 1. The highest BCUT2D eigenvalue weighted by Gasteiger charge is 2.39. The summed E-state index contributed by atoms with van der Waals surface area (Å²) in [4.78, 5) is 12.6. The van der Waals surface area contributed by atoms with Gasteiger partial charge in [-0.15, -0.1) is 0 Å². The maximum Gasteiger partial charge on any atom is 0.251 e. The van der Waals surface area contributed by atoms with Crippen LogP contribution in [0.1, 0.15) is 48.7 Å². The lowest BCUT2D eigenvalue weighted by molar-refractivity contribution is 0.0895. The Kier molecular flexibility index (Phi) is 4.44. The minimum atomic E-state index is -0.330. The summed E-state index contributed by atoms with van der Waals surface area (Å²) < 4.78 is 13.1. The Morgan fingerprint density at radius 3 is 2.50 bits per heavy atom. The lowest BCUT2D eigenvalue weighted by Crippen LogP contribution is -2.50. The zero-order valence-electron chi connectivity index (χ0n) is 14.5. The smallest absolute Gasteiger partial charge is 0.251 e. The minimum absolute atomic E-state index is 0.0266. The van der Waals surface area contributed by atoms with E-state index in [9.17, 15) is 9.18 Å². The van der Waals surface area contributed by atoms with Gasteiger partial charge in [0, 0.05) is 17.0 Å². The third-order valence-corrected chi connectivity index (χ3v) is 5.32. The van der Waals surface area contributed by atoms with Gasteiger partial charge in [0.25, 0.3) is 5.91 Å². The van der Waals surface area contributed by atoms with Crippen LogP contribution in [-0.2, 0) is 11.8 Å². The number of carbonyl (C=O) groups excluding carboxylic acids is 1. The first kappa shape index (κ1) is 16.7. The highest BCUT2D eigenvalue weighted by atomic mass is 19.1. The van der Waals surface area contributed by atoms with Crippen molar-refractivity contribution < 1.29 is 9.18 Å². The molecule has 2 nitrogen and oxygen atoms in total. The molecule has 0 saturated carbocycles. The summed E-state index contributed by atoms with van der Waals surface area (Å²) in [6.07, 6.45) is 2.07. The summed E-state index contributed by atoms with van der Waals surface area (Å²) in [6, 6.07) is 14.3. The molecular weight excluding hydrogens is 301 g/mol. The quantitative estimate of drug-likeness (QED) is 0.810. The molecule has 1 aliphatic carbocycles. The van der Waals surface area contributed by atoms with Gasteiger partial charge in [0.1, 0.15) is 5.82 Å². The molecule has 0 aromatic heterocycles. The molecule has 0 fully saturated rings. The van der Waals surface area contributed by atoms with Crippen LogP contribution in [-0.4, -0.2) is 11.9 Å². The second-order valence-corrected chi connectivity index (χ2v) is 7.35. The van der Waals surface area contributed by atoms with Crippen molar-refractivity contribution in [2.75, 3.05) is 0 Å². The summed E-state index contributed by atoms with van der Waals surface area (Å²) in [7, 11) is 0. The van der Waals surface area contributed by atoms with E-state index in [2.05, 4.69) is 50.4 Å². The van der Waals surface area contributed by atoms with E-state index in [-0.39, 0.29) is 23.2 Å². The third kappa shape index (κ3) is 3.08. The molecule has 2 aromatic carbocycles. The molecule has 0 saturated heterocycles. The van der Waals surface area contributed by atoms with Crippen molar-refractivity contribution in [3.63, 3.8) is 0 Å². The zero-order valence-corrected chi connectivity index (χ0v) is 14.5. The molecule has 1 N–H and O–H groups in total. The SMILES string of the molecule is CC1CCc2ccccc2C(C)(C)C1NC(=O)c1ccc(F)cc1. The van der Waals surface area contributed by atoms with Crippen LogP contribution in [0.4, 0.5) is 4.39 Å². The van der Waals surface area contributed by atoms with Gasteiger partial charge >= 0.3 is 0 Å². The zero-order chi connectivity index (χ0) is 17.3. The molecule has 0 aliphatic heterocycles. The van der Waals surface area contributed by atoms with Gasteiger partial charge in [0.05, 0.1) is 0 Å². The van der Waals surface area contributed by atoms with Crippen molar-refractivity contribution in [2.24, 2.45) is 5.92 Å². The molecule has 1 amide bonds. The Morgan fingerprint density at radius 1 is 1.12 bits per heavy atom. The highest BCUT2D eigenvalue weighted by Crippen LogP contribution is 2.38. The molecule has 1 aliphatic rings. The lowest BCUT2D eigenvalue weighted by atomic mass is 9.73. The molecule has 0 radical (unpaired) electrons. The van der Waals surface area contributed by atoms with E-state index in [1.807, 2.05) is 0 Å². The lowest BCUT2D eigenvalue weighted by Gasteiger charge is -2.38. The van der Waals surface area contributed by atoms with Gasteiger partial charge in [0.15, 0.2) is 0 Å². The number of benzene rings is 2. The Morgan fingerprint density at radius 2 is 1.79 bits per heavy atom. The number of rotatable bonds is 2. The summed E-state index contributed by atoms with van der Waals surface area (Å²) in [5.41, 5.74) is 3.01. The fraction of sp³-hybridized carbons (Fsp3) is 0.381. The Bertz CT molecular complexity index is 736. The monoisotopic (exact) mass is 325 g/mol. The summed E-state index contributed by atoms with van der Waals surface area (Å²) in [5, 5.41) is 3.21. The molecule has 2 aromatic rings. The number of fused-ring (bicyclic) bond motifs is 1. The number of carbonyl (C=O) groups is 1. The van der Waals surface area contributed by atoms with Crippen LogP contribution in [0.15, 0.2) is 48.5 Å². The molecule has 3 rings (SSSR count). The summed E-state index contributed by atoms with van der Waals surface area (Å²) >= 11 is 0. The maximum absolute atomic E-state index is 13.1. The summed E-state index contributed by atoms with van der Waals surface area (Å²) in [6.45, 7) is 6.59.